The second-order valence-corrected chi connectivity index (χ2v) is 3.36. The minimum absolute atomic E-state index is 0.0429. The third kappa shape index (κ3) is 2.06. The molecule has 0 aliphatic rings. The van der Waals surface area contributed by atoms with E-state index in [-0.39, 0.29) is 5.92 Å². The molecule has 2 heteroatoms. The van der Waals surface area contributed by atoms with E-state index >= 15 is 0 Å². The number of rotatable bonds is 2. The Morgan fingerprint density at radius 2 is 1.83 bits per heavy atom. The number of hydrogen-bond donors (Lipinski definition) is 2. The van der Waals surface area contributed by atoms with Crippen molar-refractivity contribution in [2.75, 3.05) is 0 Å². The molecular formula is C10H15NO. The summed E-state index contributed by atoms with van der Waals surface area (Å²) in [5, 5.41) is 9.52. The standard InChI is InChI=1S/C10H15NO/c1-8(10(2,11)12)9-6-4-3-5-7-9/h3-8,12H,11H2,1-2H3. The van der Waals surface area contributed by atoms with Crippen molar-refractivity contribution in [2.24, 2.45) is 5.73 Å². The molecule has 12 heavy (non-hydrogen) atoms. The Labute approximate surface area is 73.0 Å². The van der Waals surface area contributed by atoms with Gasteiger partial charge in [0.2, 0.25) is 0 Å². The summed E-state index contributed by atoms with van der Waals surface area (Å²) in [6.07, 6.45) is 0. The van der Waals surface area contributed by atoms with E-state index in [0.717, 1.165) is 5.56 Å². The van der Waals surface area contributed by atoms with Crippen LogP contribution < -0.4 is 5.73 Å². The van der Waals surface area contributed by atoms with Crippen LogP contribution in [0.3, 0.4) is 0 Å². The van der Waals surface area contributed by atoms with Crippen molar-refractivity contribution in [1.82, 2.24) is 0 Å². The summed E-state index contributed by atoms with van der Waals surface area (Å²) in [7, 11) is 0. The summed E-state index contributed by atoms with van der Waals surface area (Å²) < 4.78 is 0. The Hall–Kier alpha value is -0.860. The van der Waals surface area contributed by atoms with Crippen molar-refractivity contribution < 1.29 is 5.11 Å². The maximum absolute atomic E-state index is 9.52. The lowest BCUT2D eigenvalue weighted by Gasteiger charge is -2.25. The zero-order valence-electron chi connectivity index (χ0n) is 7.49. The second-order valence-electron chi connectivity index (χ2n) is 3.36. The molecule has 66 valence electrons. The summed E-state index contributed by atoms with van der Waals surface area (Å²) in [5.41, 5.74) is 5.49. The van der Waals surface area contributed by atoms with Gasteiger partial charge in [-0.3, -0.25) is 0 Å². The van der Waals surface area contributed by atoms with Crippen molar-refractivity contribution in [3.8, 4) is 0 Å². The molecule has 3 N–H and O–H groups in total. The lowest BCUT2D eigenvalue weighted by Crippen LogP contribution is -2.41. The molecule has 2 nitrogen and oxygen atoms in total. The van der Waals surface area contributed by atoms with E-state index in [0.29, 0.717) is 0 Å². The van der Waals surface area contributed by atoms with Crippen molar-refractivity contribution in [1.29, 1.82) is 0 Å². The van der Waals surface area contributed by atoms with Crippen LogP contribution >= 0.6 is 0 Å². The minimum Gasteiger partial charge on any atom is -0.376 e. The summed E-state index contributed by atoms with van der Waals surface area (Å²) in [6, 6.07) is 9.76. The van der Waals surface area contributed by atoms with Gasteiger partial charge < -0.3 is 10.8 Å². The average molecular weight is 165 g/mol. The Morgan fingerprint density at radius 1 is 1.33 bits per heavy atom. The molecule has 0 saturated heterocycles. The maximum Gasteiger partial charge on any atom is 0.117 e. The monoisotopic (exact) mass is 165 g/mol. The lowest BCUT2D eigenvalue weighted by atomic mass is 9.92. The SMILES string of the molecule is CC(c1ccccc1)C(C)(N)O. The number of hydrogen-bond acceptors (Lipinski definition) is 2. The van der Waals surface area contributed by atoms with Crippen molar-refractivity contribution in [2.45, 2.75) is 25.5 Å². The number of aliphatic hydroxyl groups is 1. The normalized spacial score (nSPS) is 18.3. The zero-order chi connectivity index (χ0) is 9.19. The van der Waals surface area contributed by atoms with E-state index in [1.807, 2.05) is 37.3 Å². The molecular weight excluding hydrogens is 150 g/mol. The van der Waals surface area contributed by atoms with Crippen LogP contribution in [0.4, 0.5) is 0 Å². The molecule has 0 saturated carbocycles. The molecule has 0 radical (unpaired) electrons. The molecule has 0 bridgehead atoms. The van der Waals surface area contributed by atoms with Gasteiger partial charge >= 0.3 is 0 Å². The largest absolute Gasteiger partial charge is 0.376 e. The molecule has 0 amide bonds. The van der Waals surface area contributed by atoms with Crippen molar-refractivity contribution >= 4 is 0 Å². The van der Waals surface area contributed by atoms with Gasteiger partial charge in [0.15, 0.2) is 0 Å². The first-order valence-electron chi connectivity index (χ1n) is 4.08. The van der Waals surface area contributed by atoms with Gasteiger partial charge in [-0.2, -0.15) is 0 Å². The van der Waals surface area contributed by atoms with Gasteiger partial charge in [-0.1, -0.05) is 37.3 Å². The van der Waals surface area contributed by atoms with Crippen LogP contribution in [0.15, 0.2) is 30.3 Å². The van der Waals surface area contributed by atoms with Gasteiger partial charge in [0.05, 0.1) is 0 Å². The first kappa shape index (κ1) is 9.23. The highest BCUT2D eigenvalue weighted by Crippen LogP contribution is 2.22. The molecule has 2 unspecified atom stereocenters. The Balaban J connectivity index is 2.86. The summed E-state index contributed by atoms with van der Waals surface area (Å²) in [6.45, 7) is 3.53. The van der Waals surface area contributed by atoms with E-state index in [9.17, 15) is 5.11 Å². The highest BCUT2D eigenvalue weighted by molar-refractivity contribution is 5.20. The minimum atomic E-state index is -1.14. The summed E-state index contributed by atoms with van der Waals surface area (Å²) in [5.74, 6) is -0.0429. The smallest absolute Gasteiger partial charge is 0.117 e. The number of benzene rings is 1. The first-order chi connectivity index (χ1) is 5.52. The topological polar surface area (TPSA) is 46.2 Å². The van der Waals surface area contributed by atoms with E-state index in [4.69, 9.17) is 5.73 Å². The molecule has 1 aromatic carbocycles. The zero-order valence-corrected chi connectivity index (χ0v) is 7.49. The predicted molar refractivity (Wildman–Crippen MR) is 49.7 cm³/mol. The van der Waals surface area contributed by atoms with E-state index in [1.165, 1.54) is 0 Å². The molecule has 0 aliphatic carbocycles. The van der Waals surface area contributed by atoms with E-state index in [1.54, 1.807) is 6.92 Å². The Morgan fingerprint density at radius 3 is 2.25 bits per heavy atom. The highest BCUT2D eigenvalue weighted by Gasteiger charge is 2.23. The molecule has 0 fully saturated rings. The summed E-state index contributed by atoms with van der Waals surface area (Å²) in [4.78, 5) is 0. The molecule has 0 aromatic heterocycles. The van der Waals surface area contributed by atoms with Crippen molar-refractivity contribution in [3.05, 3.63) is 35.9 Å². The summed E-state index contributed by atoms with van der Waals surface area (Å²) >= 11 is 0. The van der Waals surface area contributed by atoms with Crippen LogP contribution in [0, 0.1) is 0 Å². The fourth-order valence-electron chi connectivity index (χ4n) is 1.08. The Bertz CT molecular complexity index is 238. The van der Waals surface area contributed by atoms with Gasteiger partial charge in [0.25, 0.3) is 0 Å². The predicted octanol–water partition coefficient (Wildman–Crippen LogP) is 1.46. The van der Waals surface area contributed by atoms with Crippen LogP contribution in [-0.4, -0.2) is 10.8 Å². The van der Waals surface area contributed by atoms with Crippen LogP contribution in [0.1, 0.15) is 25.3 Å². The van der Waals surface area contributed by atoms with Gasteiger partial charge in [-0.05, 0) is 12.5 Å². The third-order valence-electron chi connectivity index (χ3n) is 2.18. The quantitative estimate of drug-likeness (QED) is 0.652. The number of nitrogens with two attached hydrogens (primary N) is 1. The van der Waals surface area contributed by atoms with Crippen LogP contribution in [0.2, 0.25) is 0 Å². The average Bonchev–Trinajstić information content (AvgIpc) is 2.03. The fourth-order valence-corrected chi connectivity index (χ4v) is 1.08. The van der Waals surface area contributed by atoms with Gasteiger partial charge in [-0.15, -0.1) is 0 Å². The van der Waals surface area contributed by atoms with Gasteiger partial charge in [-0.25, -0.2) is 0 Å². The maximum atomic E-state index is 9.52. The van der Waals surface area contributed by atoms with E-state index in [2.05, 4.69) is 0 Å². The van der Waals surface area contributed by atoms with Crippen LogP contribution in [0.5, 0.6) is 0 Å². The highest BCUT2D eigenvalue weighted by atomic mass is 16.3. The molecule has 1 rings (SSSR count). The van der Waals surface area contributed by atoms with Gasteiger partial charge in [0.1, 0.15) is 5.72 Å². The first-order valence-corrected chi connectivity index (χ1v) is 4.08. The lowest BCUT2D eigenvalue weighted by molar-refractivity contribution is 0.0429. The molecule has 0 aliphatic heterocycles. The van der Waals surface area contributed by atoms with Crippen LogP contribution in [-0.2, 0) is 0 Å². The Kier molecular flexibility index (Phi) is 2.50. The van der Waals surface area contributed by atoms with Crippen LogP contribution in [0.25, 0.3) is 0 Å². The molecule has 1 aromatic rings. The fraction of sp³-hybridized carbons (Fsp3) is 0.400. The molecule has 0 heterocycles. The van der Waals surface area contributed by atoms with E-state index < -0.39 is 5.72 Å². The molecule has 0 spiro atoms. The second kappa shape index (κ2) is 3.25. The van der Waals surface area contributed by atoms with Gasteiger partial charge in [0, 0.05) is 5.92 Å². The third-order valence-corrected chi connectivity index (χ3v) is 2.18. The molecule has 2 atom stereocenters. The van der Waals surface area contributed by atoms with Crippen molar-refractivity contribution in [3.63, 3.8) is 0 Å².